The van der Waals surface area contributed by atoms with Gasteiger partial charge in [0.15, 0.2) is 0 Å². The molecule has 0 spiro atoms. The number of hydrogen-bond donors (Lipinski definition) is 3. The molecule has 0 aromatic heterocycles. The smallest absolute Gasteiger partial charge is 0.317 e. The van der Waals surface area contributed by atoms with Gasteiger partial charge in [0, 0.05) is 25.7 Å². The van der Waals surface area contributed by atoms with Crippen molar-refractivity contribution in [3.63, 3.8) is 0 Å². The van der Waals surface area contributed by atoms with Crippen LogP contribution in [-0.4, -0.2) is 119 Å². The Labute approximate surface area is 166 Å². The fourth-order valence-electron chi connectivity index (χ4n) is 3.54. The molecule has 0 aromatic carbocycles. The lowest BCUT2D eigenvalue weighted by molar-refractivity contribution is -0.144. The van der Waals surface area contributed by atoms with Gasteiger partial charge >= 0.3 is 17.9 Å². The van der Waals surface area contributed by atoms with E-state index >= 15 is 0 Å². The Morgan fingerprint density at radius 1 is 0.929 bits per heavy atom. The van der Waals surface area contributed by atoms with Gasteiger partial charge in [-0.25, -0.2) is 0 Å². The molecule has 3 N–H and O–H groups in total. The molecule has 0 bridgehead atoms. The van der Waals surface area contributed by atoms with Crippen LogP contribution in [0.5, 0.6) is 0 Å². The van der Waals surface area contributed by atoms with Gasteiger partial charge < -0.3 is 15.3 Å². The number of carboxylic acid groups (broad SMARTS) is 3. The highest BCUT2D eigenvalue weighted by molar-refractivity contribution is 5.72. The van der Waals surface area contributed by atoms with Crippen molar-refractivity contribution in [2.45, 2.75) is 33.2 Å². The predicted octanol–water partition coefficient (Wildman–Crippen LogP) is -0.189. The quantitative estimate of drug-likeness (QED) is 0.453. The molecule has 28 heavy (non-hydrogen) atoms. The maximum absolute atomic E-state index is 11.3. The molecule has 0 amide bonds. The Bertz CT molecular complexity index is 535. The van der Waals surface area contributed by atoms with Crippen LogP contribution in [0.4, 0.5) is 0 Å². The van der Waals surface area contributed by atoms with Crippen LogP contribution in [0.3, 0.4) is 0 Å². The zero-order valence-electron chi connectivity index (χ0n) is 17.3. The summed E-state index contributed by atoms with van der Waals surface area (Å²) < 4.78 is 0. The van der Waals surface area contributed by atoms with E-state index in [9.17, 15) is 24.6 Å². The minimum absolute atomic E-state index is 0.0846. The Balaban J connectivity index is 2.99. The predicted molar refractivity (Wildman–Crippen MR) is 103 cm³/mol. The maximum atomic E-state index is 11.3. The first-order chi connectivity index (χ1) is 12.9. The van der Waals surface area contributed by atoms with Gasteiger partial charge in [-0.2, -0.15) is 0 Å². The van der Waals surface area contributed by atoms with E-state index in [1.54, 1.807) is 0 Å². The van der Waals surface area contributed by atoms with E-state index in [0.29, 0.717) is 32.8 Å². The van der Waals surface area contributed by atoms with Crippen molar-refractivity contribution in [2.24, 2.45) is 5.41 Å². The fraction of sp³-hybridized carbons (Fsp3) is 0.833. The molecule has 162 valence electrons. The number of hydrogen-bond acceptors (Lipinski definition) is 7. The third-order valence-electron chi connectivity index (χ3n) is 4.51. The maximum Gasteiger partial charge on any atom is 0.317 e. The normalized spacial score (nSPS) is 18.8. The third-order valence-corrected chi connectivity index (χ3v) is 4.51. The van der Waals surface area contributed by atoms with Gasteiger partial charge in [-0.3, -0.25) is 34.0 Å². The highest BCUT2D eigenvalue weighted by Gasteiger charge is 2.30. The first kappa shape index (κ1) is 24.3. The van der Waals surface area contributed by atoms with Gasteiger partial charge in [0.25, 0.3) is 0 Å². The minimum Gasteiger partial charge on any atom is -0.480 e. The molecule has 10 heteroatoms. The van der Waals surface area contributed by atoms with Crippen molar-refractivity contribution in [1.29, 1.82) is 0 Å². The Hall–Kier alpha value is -1.75. The van der Waals surface area contributed by atoms with Crippen LogP contribution in [-0.2, 0) is 14.4 Å². The lowest BCUT2D eigenvalue weighted by Gasteiger charge is -2.37. The van der Waals surface area contributed by atoms with Gasteiger partial charge in [-0.1, -0.05) is 20.8 Å². The van der Waals surface area contributed by atoms with Crippen molar-refractivity contribution in [3.8, 4) is 0 Å². The summed E-state index contributed by atoms with van der Waals surface area (Å²) in [6.07, 6.45) is 0.624. The van der Waals surface area contributed by atoms with Crippen LogP contribution in [0.2, 0.25) is 0 Å². The number of carboxylic acids is 3. The van der Waals surface area contributed by atoms with Crippen molar-refractivity contribution < 1.29 is 29.7 Å². The second-order valence-electron chi connectivity index (χ2n) is 8.77. The highest BCUT2D eigenvalue weighted by Crippen LogP contribution is 2.24. The lowest BCUT2D eigenvalue weighted by Crippen LogP contribution is -2.51. The summed E-state index contributed by atoms with van der Waals surface area (Å²) in [7, 11) is 1.92. The van der Waals surface area contributed by atoms with Crippen LogP contribution in [0.15, 0.2) is 0 Å². The molecule has 0 aromatic rings. The van der Waals surface area contributed by atoms with Crippen LogP contribution < -0.4 is 0 Å². The van der Waals surface area contributed by atoms with Gasteiger partial charge in [0.2, 0.25) is 0 Å². The van der Waals surface area contributed by atoms with Crippen molar-refractivity contribution >= 4 is 17.9 Å². The Kier molecular flexibility index (Phi) is 9.28. The summed E-state index contributed by atoms with van der Waals surface area (Å²) in [6.45, 7) is 8.20. The summed E-state index contributed by atoms with van der Waals surface area (Å²) in [6, 6.07) is -0.276. The molecule has 0 radical (unpaired) electrons. The van der Waals surface area contributed by atoms with E-state index in [1.165, 1.54) is 4.90 Å². The molecule has 1 unspecified atom stereocenters. The number of likely N-dealkylation sites (N-methyl/N-ethyl adjacent to an activating group) is 1. The number of aliphatic carboxylic acids is 3. The first-order valence-electron chi connectivity index (χ1n) is 9.38. The zero-order chi connectivity index (χ0) is 21.5. The van der Waals surface area contributed by atoms with Crippen LogP contribution in [0.25, 0.3) is 0 Å². The minimum atomic E-state index is -1.07. The summed E-state index contributed by atoms with van der Waals surface area (Å²) in [5, 5.41) is 27.6. The summed E-state index contributed by atoms with van der Waals surface area (Å²) in [4.78, 5) is 41.1. The van der Waals surface area contributed by atoms with E-state index in [0.717, 1.165) is 6.54 Å². The lowest BCUT2D eigenvalue weighted by atomic mass is 9.87. The topological polar surface area (TPSA) is 125 Å². The third kappa shape index (κ3) is 9.98. The zero-order valence-corrected chi connectivity index (χ0v) is 17.3. The molecule has 1 atom stereocenters. The summed E-state index contributed by atoms with van der Waals surface area (Å²) in [5.74, 6) is -3.04. The monoisotopic (exact) mass is 402 g/mol. The first-order valence-corrected chi connectivity index (χ1v) is 9.38. The molecule has 1 heterocycles. The van der Waals surface area contributed by atoms with E-state index in [-0.39, 0.29) is 31.1 Å². The van der Waals surface area contributed by atoms with Crippen molar-refractivity contribution in [3.05, 3.63) is 0 Å². The van der Waals surface area contributed by atoms with E-state index in [2.05, 4.69) is 4.90 Å². The van der Waals surface area contributed by atoms with E-state index in [4.69, 9.17) is 5.11 Å². The van der Waals surface area contributed by atoms with Gasteiger partial charge in [0.1, 0.15) is 0 Å². The van der Waals surface area contributed by atoms with E-state index < -0.39 is 17.9 Å². The standard InChI is InChI=1S/C18H34N4O6/c1-18(2,3)7-14(22(10-16(25)26)11-17(27)28)8-20-6-5-19(4)12-21(13-20)9-15(23)24/h14H,5-13H2,1-4H3,(H,23,24)(H,25,26)(H,27,28). The molecular formula is C18H34N4O6. The van der Waals surface area contributed by atoms with Crippen LogP contribution >= 0.6 is 0 Å². The molecule has 10 nitrogen and oxygen atoms in total. The van der Waals surface area contributed by atoms with E-state index in [1.807, 2.05) is 37.6 Å². The molecule has 1 rings (SSSR count). The second kappa shape index (κ2) is 10.7. The van der Waals surface area contributed by atoms with Crippen molar-refractivity contribution in [1.82, 2.24) is 19.6 Å². The average molecular weight is 402 g/mol. The second-order valence-corrected chi connectivity index (χ2v) is 8.77. The van der Waals surface area contributed by atoms with Crippen LogP contribution in [0.1, 0.15) is 27.2 Å². The number of rotatable bonds is 10. The number of nitrogens with zero attached hydrogens (tertiary/aromatic N) is 4. The Morgan fingerprint density at radius 3 is 1.96 bits per heavy atom. The van der Waals surface area contributed by atoms with Gasteiger partial charge in [0.05, 0.1) is 33.0 Å². The van der Waals surface area contributed by atoms with Crippen LogP contribution in [0, 0.1) is 5.41 Å². The summed E-state index contributed by atoms with van der Waals surface area (Å²) >= 11 is 0. The SMILES string of the molecule is CN1CCN(CC(CC(C)(C)C)N(CC(=O)O)CC(=O)O)CN(CC(=O)O)C1. The molecule has 0 aliphatic carbocycles. The molecule has 1 saturated heterocycles. The molecule has 1 aliphatic heterocycles. The molecule has 1 aliphatic rings. The largest absolute Gasteiger partial charge is 0.480 e. The van der Waals surface area contributed by atoms with Gasteiger partial charge in [-0.15, -0.1) is 0 Å². The molecular weight excluding hydrogens is 368 g/mol. The van der Waals surface area contributed by atoms with Gasteiger partial charge in [-0.05, 0) is 18.9 Å². The molecule has 1 fully saturated rings. The highest BCUT2D eigenvalue weighted by atomic mass is 16.4. The fourth-order valence-corrected chi connectivity index (χ4v) is 3.54. The molecule has 0 saturated carbocycles. The average Bonchev–Trinajstić information content (AvgIpc) is 2.64. The Morgan fingerprint density at radius 2 is 1.50 bits per heavy atom. The number of carbonyl (C=O) groups is 3. The van der Waals surface area contributed by atoms with Crippen molar-refractivity contribution in [2.75, 3.05) is 59.7 Å². The summed E-state index contributed by atoms with van der Waals surface area (Å²) in [5.41, 5.74) is -0.122.